The van der Waals surface area contributed by atoms with Gasteiger partial charge in [-0.05, 0) is 31.2 Å². The minimum absolute atomic E-state index is 0.0838. The highest BCUT2D eigenvalue weighted by molar-refractivity contribution is 7.92. The zero-order chi connectivity index (χ0) is 14.9. The molecule has 0 unspecified atom stereocenters. The van der Waals surface area contributed by atoms with Crippen molar-refractivity contribution < 1.29 is 12.8 Å². The minimum atomic E-state index is -4.11. The highest BCUT2D eigenvalue weighted by Gasteiger charge is 2.20. The molecule has 1 heterocycles. The molecule has 2 rings (SSSR count). The maximum atomic E-state index is 13.1. The Hall–Kier alpha value is -1.44. The third-order valence-corrected chi connectivity index (χ3v) is 4.23. The first-order valence-electron chi connectivity index (χ1n) is 5.27. The van der Waals surface area contributed by atoms with Crippen LogP contribution in [-0.4, -0.2) is 18.4 Å². The van der Waals surface area contributed by atoms with Gasteiger partial charge in [0.05, 0.1) is 5.02 Å². The number of aryl methyl sites for hydroxylation is 1. The Morgan fingerprint density at radius 1 is 1.20 bits per heavy atom. The molecule has 0 aliphatic rings. The monoisotopic (exact) mass is 335 g/mol. The maximum absolute atomic E-state index is 13.1. The molecule has 20 heavy (non-hydrogen) atoms. The molecule has 0 atom stereocenters. The number of nitrogens with one attached hydrogen (secondary N) is 1. The second-order valence-corrected chi connectivity index (χ2v) is 6.28. The lowest BCUT2D eigenvalue weighted by molar-refractivity contribution is 0.595. The Balaban J connectivity index is 2.43. The molecular weight excluding hydrogens is 328 g/mol. The Morgan fingerprint density at radius 3 is 2.55 bits per heavy atom. The first-order valence-corrected chi connectivity index (χ1v) is 7.51. The summed E-state index contributed by atoms with van der Waals surface area (Å²) in [5, 5.41) is -0.0295. The molecule has 0 aliphatic carbocycles. The average Bonchev–Trinajstić information content (AvgIpc) is 2.30. The van der Waals surface area contributed by atoms with Crippen molar-refractivity contribution in [3.05, 3.63) is 46.0 Å². The van der Waals surface area contributed by atoms with Crippen LogP contribution in [0.1, 0.15) is 5.69 Å². The van der Waals surface area contributed by atoms with Gasteiger partial charge in [0.2, 0.25) is 5.95 Å². The van der Waals surface area contributed by atoms with Gasteiger partial charge in [-0.25, -0.2) is 27.5 Å². The van der Waals surface area contributed by atoms with Gasteiger partial charge in [-0.1, -0.05) is 23.2 Å². The minimum Gasteiger partial charge on any atom is -0.247 e. The largest absolute Gasteiger partial charge is 0.265 e. The van der Waals surface area contributed by atoms with Gasteiger partial charge < -0.3 is 0 Å². The number of aromatic nitrogens is 2. The van der Waals surface area contributed by atoms with Gasteiger partial charge in [-0.2, -0.15) is 0 Å². The van der Waals surface area contributed by atoms with E-state index in [2.05, 4.69) is 14.7 Å². The van der Waals surface area contributed by atoms with Crippen molar-refractivity contribution in [3.8, 4) is 0 Å². The summed E-state index contributed by atoms with van der Waals surface area (Å²) in [4.78, 5) is 7.20. The van der Waals surface area contributed by atoms with Crippen molar-refractivity contribution in [2.24, 2.45) is 0 Å². The zero-order valence-corrected chi connectivity index (χ0v) is 12.4. The summed E-state index contributed by atoms with van der Waals surface area (Å²) in [6, 6.07) is 4.48. The van der Waals surface area contributed by atoms with Gasteiger partial charge in [0, 0.05) is 5.69 Å². The highest BCUT2D eigenvalue weighted by atomic mass is 35.5. The normalized spacial score (nSPS) is 11.4. The van der Waals surface area contributed by atoms with E-state index in [0.29, 0.717) is 5.69 Å². The van der Waals surface area contributed by atoms with Crippen LogP contribution in [-0.2, 0) is 10.0 Å². The van der Waals surface area contributed by atoms with Crippen LogP contribution in [0.25, 0.3) is 0 Å². The molecule has 0 fully saturated rings. The van der Waals surface area contributed by atoms with Crippen molar-refractivity contribution in [1.29, 1.82) is 0 Å². The highest BCUT2D eigenvalue weighted by Crippen LogP contribution is 2.24. The predicted molar refractivity (Wildman–Crippen MR) is 74.0 cm³/mol. The van der Waals surface area contributed by atoms with Gasteiger partial charge in [-0.3, -0.25) is 0 Å². The van der Waals surface area contributed by atoms with Gasteiger partial charge in [0.15, 0.2) is 0 Å². The van der Waals surface area contributed by atoms with Crippen molar-refractivity contribution in [1.82, 2.24) is 9.97 Å². The molecule has 0 aliphatic heterocycles. The smallest absolute Gasteiger partial charge is 0.247 e. The standard InChI is InChI=1S/C11H8Cl2FN3O2S/c1-6-4-10(13)16-11(15-6)17-20(18,19)9-5-7(14)2-3-8(9)12/h2-5H,1H3,(H,15,16,17). The van der Waals surface area contributed by atoms with Crippen molar-refractivity contribution >= 4 is 39.2 Å². The van der Waals surface area contributed by atoms with E-state index >= 15 is 0 Å². The summed E-state index contributed by atoms with van der Waals surface area (Å²) in [6.07, 6.45) is 0. The summed E-state index contributed by atoms with van der Waals surface area (Å²) in [5.41, 5.74) is 0.480. The van der Waals surface area contributed by atoms with E-state index in [9.17, 15) is 12.8 Å². The number of rotatable bonds is 3. The molecule has 1 N–H and O–H groups in total. The van der Waals surface area contributed by atoms with Gasteiger partial charge >= 0.3 is 0 Å². The first-order chi connectivity index (χ1) is 9.28. The second-order valence-electron chi connectivity index (χ2n) is 3.84. The Morgan fingerprint density at radius 2 is 1.90 bits per heavy atom. The fourth-order valence-electron chi connectivity index (χ4n) is 1.43. The van der Waals surface area contributed by atoms with Crippen LogP contribution < -0.4 is 4.72 Å². The van der Waals surface area contributed by atoms with E-state index in [1.54, 1.807) is 6.92 Å². The van der Waals surface area contributed by atoms with Crippen LogP contribution in [0.5, 0.6) is 0 Å². The Kier molecular flexibility index (Phi) is 4.12. The van der Waals surface area contributed by atoms with Crippen LogP contribution in [0.15, 0.2) is 29.2 Å². The molecule has 9 heteroatoms. The fraction of sp³-hybridized carbons (Fsp3) is 0.0909. The number of anilines is 1. The van der Waals surface area contributed by atoms with Crippen LogP contribution in [0, 0.1) is 12.7 Å². The summed E-state index contributed by atoms with van der Waals surface area (Å²) in [5.74, 6) is -0.937. The Labute approximate surface area is 124 Å². The van der Waals surface area contributed by atoms with E-state index in [-0.39, 0.29) is 16.1 Å². The fourth-order valence-corrected chi connectivity index (χ4v) is 3.13. The number of sulfonamides is 1. The number of benzene rings is 1. The lowest BCUT2D eigenvalue weighted by Crippen LogP contribution is -2.16. The van der Waals surface area contributed by atoms with E-state index in [1.807, 2.05) is 0 Å². The second kappa shape index (κ2) is 5.51. The lowest BCUT2D eigenvalue weighted by atomic mass is 10.3. The molecular formula is C11H8Cl2FN3O2S. The molecule has 2 aromatic rings. The summed E-state index contributed by atoms with van der Waals surface area (Å²) in [6.45, 7) is 1.63. The van der Waals surface area contributed by atoms with Crippen LogP contribution in [0.2, 0.25) is 10.2 Å². The van der Waals surface area contributed by atoms with Crippen molar-refractivity contribution in [2.75, 3.05) is 4.72 Å². The van der Waals surface area contributed by atoms with E-state index in [0.717, 1.165) is 18.2 Å². The molecule has 0 amide bonds. The Bertz CT molecular complexity index is 748. The molecule has 0 spiro atoms. The first kappa shape index (κ1) is 15.0. The van der Waals surface area contributed by atoms with E-state index in [1.165, 1.54) is 6.07 Å². The third-order valence-electron chi connectivity index (χ3n) is 2.23. The van der Waals surface area contributed by atoms with Crippen LogP contribution in [0.3, 0.4) is 0 Å². The molecule has 1 aromatic heterocycles. The van der Waals surface area contributed by atoms with Gasteiger partial charge in [0.1, 0.15) is 15.9 Å². The molecule has 0 saturated carbocycles. The molecule has 0 bridgehead atoms. The number of nitrogens with zero attached hydrogens (tertiary/aromatic N) is 2. The predicted octanol–water partition coefficient (Wildman–Crippen LogP) is 3.03. The van der Waals surface area contributed by atoms with E-state index < -0.39 is 20.7 Å². The molecule has 0 saturated heterocycles. The van der Waals surface area contributed by atoms with Crippen LogP contribution in [0.4, 0.5) is 10.3 Å². The number of hydrogen-bond acceptors (Lipinski definition) is 4. The molecule has 0 radical (unpaired) electrons. The SMILES string of the molecule is Cc1cc(Cl)nc(NS(=O)(=O)c2cc(F)ccc2Cl)n1. The van der Waals surface area contributed by atoms with Gasteiger partial charge in [-0.15, -0.1) is 0 Å². The van der Waals surface area contributed by atoms with Gasteiger partial charge in [0.25, 0.3) is 10.0 Å². The topological polar surface area (TPSA) is 72.0 Å². The van der Waals surface area contributed by atoms with E-state index in [4.69, 9.17) is 23.2 Å². The maximum Gasteiger partial charge on any atom is 0.265 e. The van der Waals surface area contributed by atoms with Crippen molar-refractivity contribution in [3.63, 3.8) is 0 Å². The summed E-state index contributed by atoms with van der Waals surface area (Å²) >= 11 is 11.5. The number of hydrogen-bond donors (Lipinski definition) is 1. The zero-order valence-electron chi connectivity index (χ0n) is 10.1. The molecule has 1 aromatic carbocycles. The summed E-state index contributed by atoms with van der Waals surface area (Å²) < 4.78 is 39.5. The quantitative estimate of drug-likeness (QED) is 0.875. The summed E-state index contributed by atoms with van der Waals surface area (Å²) in [7, 11) is -4.11. The third kappa shape index (κ3) is 3.36. The molecule has 5 nitrogen and oxygen atoms in total. The van der Waals surface area contributed by atoms with Crippen LogP contribution >= 0.6 is 23.2 Å². The average molecular weight is 336 g/mol. The lowest BCUT2D eigenvalue weighted by Gasteiger charge is -2.09. The number of halogens is 3. The van der Waals surface area contributed by atoms with Crippen molar-refractivity contribution in [2.45, 2.75) is 11.8 Å². The molecule has 106 valence electrons.